The first-order valence-corrected chi connectivity index (χ1v) is 6.40. The van der Waals surface area contributed by atoms with Gasteiger partial charge in [-0.15, -0.1) is 0 Å². The lowest BCUT2D eigenvalue weighted by Gasteiger charge is -2.22. The molecule has 0 saturated carbocycles. The Balaban J connectivity index is 2.86. The molecule has 17 heavy (non-hydrogen) atoms. The Kier molecular flexibility index (Phi) is 5.01. The summed E-state index contributed by atoms with van der Waals surface area (Å²) in [5.74, 6) is 1.54. The Morgan fingerprint density at radius 1 is 1.12 bits per heavy atom. The smallest absolute Gasteiger partial charge is 0.122 e. The Hall–Kier alpha value is -1.02. The van der Waals surface area contributed by atoms with E-state index in [1.807, 2.05) is 7.05 Å². The van der Waals surface area contributed by atoms with Crippen LogP contribution >= 0.6 is 0 Å². The van der Waals surface area contributed by atoms with Crippen molar-refractivity contribution in [3.05, 3.63) is 29.3 Å². The fourth-order valence-corrected chi connectivity index (χ4v) is 1.64. The number of nitrogens with one attached hydrogen (secondary N) is 1. The topological polar surface area (TPSA) is 21.3 Å². The summed E-state index contributed by atoms with van der Waals surface area (Å²) in [6.45, 7) is 10.7. The molecule has 1 rings (SSSR count). The number of hydrogen-bond acceptors (Lipinski definition) is 2. The summed E-state index contributed by atoms with van der Waals surface area (Å²) < 4.78 is 6.03. The molecule has 1 N–H and O–H groups in total. The molecular weight excluding hydrogens is 210 g/mol. The molecular formula is C15H25NO. The lowest BCUT2D eigenvalue weighted by molar-refractivity contribution is 0.181. The molecule has 2 heteroatoms. The maximum absolute atomic E-state index is 6.03. The van der Waals surface area contributed by atoms with Gasteiger partial charge < -0.3 is 10.1 Å². The zero-order chi connectivity index (χ0) is 13.0. The highest BCUT2D eigenvalue weighted by atomic mass is 16.5. The van der Waals surface area contributed by atoms with Crippen LogP contribution in [0.4, 0.5) is 0 Å². The van der Waals surface area contributed by atoms with E-state index in [1.165, 1.54) is 11.1 Å². The third-order valence-corrected chi connectivity index (χ3v) is 3.35. The van der Waals surface area contributed by atoms with Gasteiger partial charge in [0.2, 0.25) is 0 Å². The Morgan fingerprint density at radius 2 is 1.76 bits per heavy atom. The standard InChI is InChI=1S/C15H25NO/c1-10(2)14-8-7-11(3)15(9-14)17-13(5)12(4)16-6/h7-10,12-13,16H,1-6H3. The lowest BCUT2D eigenvalue weighted by atomic mass is 10.0. The number of benzene rings is 1. The molecule has 0 bridgehead atoms. The van der Waals surface area contributed by atoms with Crippen molar-refractivity contribution in [3.8, 4) is 5.75 Å². The van der Waals surface area contributed by atoms with E-state index < -0.39 is 0 Å². The molecule has 2 unspecified atom stereocenters. The van der Waals surface area contributed by atoms with Crippen LogP contribution in [0, 0.1) is 6.92 Å². The number of rotatable bonds is 5. The average Bonchev–Trinajstić information content (AvgIpc) is 2.30. The lowest BCUT2D eigenvalue weighted by Crippen LogP contribution is -2.36. The van der Waals surface area contributed by atoms with Gasteiger partial charge in [-0.25, -0.2) is 0 Å². The zero-order valence-electron chi connectivity index (χ0n) is 11.9. The van der Waals surface area contributed by atoms with Crippen molar-refractivity contribution in [2.75, 3.05) is 7.05 Å². The van der Waals surface area contributed by atoms with Gasteiger partial charge in [-0.3, -0.25) is 0 Å². The van der Waals surface area contributed by atoms with Crippen molar-refractivity contribution in [3.63, 3.8) is 0 Å². The van der Waals surface area contributed by atoms with Crippen molar-refractivity contribution >= 4 is 0 Å². The van der Waals surface area contributed by atoms with Gasteiger partial charge in [-0.05, 0) is 50.9 Å². The molecule has 1 aromatic rings. The van der Waals surface area contributed by atoms with Crippen LogP contribution in [0.2, 0.25) is 0 Å². The molecule has 0 radical (unpaired) electrons. The molecule has 2 nitrogen and oxygen atoms in total. The molecule has 0 aliphatic heterocycles. The summed E-state index contributed by atoms with van der Waals surface area (Å²) >= 11 is 0. The van der Waals surface area contributed by atoms with Gasteiger partial charge in [-0.2, -0.15) is 0 Å². The summed E-state index contributed by atoms with van der Waals surface area (Å²) in [4.78, 5) is 0. The Labute approximate surface area is 105 Å². The molecule has 0 amide bonds. The first-order chi connectivity index (χ1) is 7.95. The number of ether oxygens (including phenoxy) is 1. The van der Waals surface area contributed by atoms with E-state index in [0.29, 0.717) is 12.0 Å². The SMILES string of the molecule is CNC(C)C(C)Oc1cc(C(C)C)ccc1C. The molecule has 0 spiro atoms. The van der Waals surface area contributed by atoms with E-state index in [2.05, 4.69) is 58.1 Å². The minimum absolute atomic E-state index is 0.168. The van der Waals surface area contributed by atoms with Crippen LogP contribution in [-0.2, 0) is 0 Å². The monoisotopic (exact) mass is 235 g/mol. The summed E-state index contributed by atoms with van der Waals surface area (Å²) in [5.41, 5.74) is 2.53. The second-order valence-electron chi connectivity index (χ2n) is 5.08. The second kappa shape index (κ2) is 6.06. The van der Waals surface area contributed by atoms with Gasteiger partial charge in [0.25, 0.3) is 0 Å². The Morgan fingerprint density at radius 3 is 2.29 bits per heavy atom. The number of aryl methyl sites for hydroxylation is 1. The minimum Gasteiger partial charge on any atom is -0.489 e. The van der Waals surface area contributed by atoms with E-state index in [9.17, 15) is 0 Å². The third-order valence-electron chi connectivity index (χ3n) is 3.35. The van der Waals surface area contributed by atoms with Crippen LogP contribution in [0.25, 0.3) is 0 Å². The van der Waals surface area contributed by atoms with Gasteiger partial charge in [-0.1, -0.05) is 26.0 Å². The van der Waals surface area contributed by atoms with Gasteiger partial charge in [0, 0.05) is 6.04 Å². The number of hydrogen-bond donors (Lipinski definition) is 1. The molecule has 0 aromatic heterocycles. The fraction of sp³-hybridized carbons (Fsp3) is 0.600. The molecule has 0 fully saturated rings. The van der Waals surface area contributed by atoms with Crippen molar-refractivity contribution in [1.29, 1.82) is 0 Å². The van der Waals surface area contributed by atoms with Crippen molar-refractivity contribution < 1.29 is 4.74 Å². The fourth-order valence-electron chi connectivity index (χ4n) is 1.64. The van der Waals surface area contributed by atoms with E-state index in [1.54, 1.807) is 0 Å². The van der Waals surface area contributed by atoms with Gasteiger partial charge in [0.15, 0.2) is 0 Å². The maximum atomic E-state index is 6.03. The third kappa shape index (κ3) is 3.74. The minimum atomic E-state index is 0.168. The molecule has 2 atom stereocenters. The maximum Gasteiger partial charge on any atom is 0.122 e. The molecule has 1 aromatic carbocycles. The van der Waals surface area contributed by atoms with Crippen LogP contribution in [0.15, 0.2) is 18.2 Å². The van der Waals surface area contributed by atoms with Crippen LogP contribution in [0.3, 0.4) is 0 Å². The predicted octanol–water partition coefficient (Wildman–Crippen LogP) is 3.49. The molecule has 0 aliphatic carbocycles. The van der Waals surface area contributed by atoms with Crippen LogP contribution in [-0.4, -0.2) is 19.2 Å². The average molecular weight is 235 g/mol. The van der Waals surface area contributed by atoms with Gasteiger partial charge in [0.05, 0.1) is 0 Å². The largest absolute Gasteiger partial charge is 0.489 e. The van der Waals surface area contributed by atoms with Gasteiger partial charge in [0.1, 0.15) is 11.9 Å². The van der Waals surface area contributed by atoms with Crippen molar-refractivity contribution in [2.24, 2.45) is 0 Å². The quantitative estimate of drug-likeness (QED) is 0.843. The van der Waals surface area contributed by atoms with Gasteiger partial charge >= 0.3 is 0 Å². The van der Waals surface area contributed by atoms with E-state index >= 15 is 0 Å². The summed E-state index contributed by atoms with van der Waals surface area (Å²) in [6.07, 6.45) is 0.168. The summed E-state index contributed by atoms with van der Waals surface area (Å²) in [5, 5.41) is 3.22. The first kappa shape index (κ1) is 14.0. The highest BCUT2D eigenvalue weighted by molar-refractivity contribution is 5.38. The van der Waals surface area contributed by atoms with Crippen molar-refractivity contribution in [1.82, 2.24) is 5.32 Å². The second-order valence-corrected chi connectivity index (χ2v) is 5.08. The Bertz CT molecular complexity index is 360. The van der Waals surface area contributed by atoms with Crippen LogP contribution in [0.5, 0.6) is 5.75 Å². The van der Waals surface area contributed by atoms with E-state index in [4.69, 9.17) is 4.74 Å². The first-order valence-electron chi connectivity index (χ1n) is 6.40. The molecule has 0 saturated heterocycles. The highest BCUT2D eigenvalue weighted by Crippen LogP contribution is 2.25. The molecule has 0 heterocycles. The van der Waals surface area contributed by atoms with E-state index in [0.717, 1.165) is 5.75 Å². The van der Waals surface area contributed by atoms with E-state index in [-0.39, 0.29) is 6.10 Å². The summed E-state index contributed by atoms with van der Waals surface area (Å²) in [6, 6.07) is 6.83. The highest BCUT2D eigenvalue weighted by Gasteiger charge is 2.13. The van der Waals surface area contributed by atoms with Crippen molar-refractivity contribution in [2.45, 2.75) is 52.7 Å². The predicted molar refractivity (Wildman–Crippen MR) is 73.9 cm³/mol. The molecule has 0 aliphatic rings. The zero-order valence-corrected chi connectivity index (χ0v) is 11.9. The van der Waals surface area contributed by atoms with Crippen LogP contribution < -0.4 is 10.1 Å². The number of likely N-dealkylation sites (N-methyl/N-ethyl adjacent to an activating group) is 1. The molecule has 96 valence electrons. The van der Waals surface area contributed by atoms with Crippen LogP contribution in [0.1, 0.15) is 44.7 Å². The normalized spacial score (nSPS) is 14.8. The summed E-state index contributed by atoms with van der Waals surface area (Å²) in [7, 11) is 1.96.